The standard InChI is InChI=1S/C19H25N5O3S/c1-11-5-6-13-9-12-3-2-4-14(12)17(16(11)13)22-19(25)23-28(20,26)15-10-21-24-7-8-27-18(15)24/h9-11,15,18H,2-8H2,1H3,(H3,20,22,23,25,26)/t11-,15?,18?,28?/m1/s1. The van der Waals surface area contributed by atoms with Crippen LogP contribution in [0, 0.1) is 0 Å². The van der Waals surface area contributed by atoms with E-state index < -0.39 is 27.4 Å². The summed E-state index contributed by atoms with van der Waals surface area (Å²) in [5.74, 6) is 0.390. The molecule has 0 aromatic heterocycles. The van der Waals surface area contributed by atoms with E-state index in [-0.39, 0.29) is 0 Å². The number of aryl methyl sites for hydroxylation is 2. The molecule has 9 heteroatoms. The summed E-state index contributed by atoms with van der Waals surface area (Å²) < 4.78 is 22.5. The minimum Gasteiger partial charge on any atom is -0.353 e. The second-order valence-corrected chi connectivity index (χ2v) is 10.00. The van der Waals surface area contributed by atoms with Gasteiger partial charge in [-0.2, -0.15) is 5.10 Å². The van der Waals surface area contributed by atoms with Gasteiger partial charge in [0.2, 0.25) is 0 Å². The van der Waals surface area contributed by atoms with Gasteiger partial charge in [0, 0.05) is 11.9 Å². The van der Waals surface area contributed by atoms with Gasteiger partial charge in [-0.3, -0.25) is 5.01 Å². The Morgan fingerprint density at radius 1 is 1.39 bits per heavy atom. The Bertz CT molecular complexity index is 998. The largest absolute Gasteiger partial charge is 0.354 e. The van der Waals surface area contributed by atoms with Crippen LogP contribution >= 0.6 is 0 Å². The minimum absolute atomic E-state index is 0.390. The maximum atomic E-state index is 13.0. The molecule has 0 spiro atoms. The number of anilines is 1. The van der Waals surface area contributed by atoms with Crippen LogP contribution in [0.15, 0.2) is 15.5 Å². The van der Waals surface area contributed by atoms with E-state index in [2.05, 4.69) is 27.8 Å². The molecule has 4 atom stereocenters. The predicted octanol–water partition coefficient (Wildman–Crippen LogP) is 2.12. The zero-order chi connectivity index (χ0) is 19.5. The van der Waals surface area contributed by atoms with E-state index in [0.29, 0.717) is 19.1 Å². The molecule has 28 heavy (non-hydrogen) atoms. The predicted molar refractivity (Wildman–Crippen MR) is 108 cm³/mol. The molecular weight excluding hydrogens is 378 g/mol. The fourth-order valence-corrected chi connectivity index (χ4v) is 6.13. The van der Waals surface area contributed by atoms with Crippen LogP contribution in [0.1, 0.15) is 47.9 Å². The van der Waals surface area contributed by atoms with Gasteiger partial charge in [0.05, 0.1) is 13.2 Å². The molecule has 2 aliphatic heterocycles. The van der Waals surface area contributed by atoms with Crippen molar-refractivity contribution in [1.29, 1.82) is 0 Å². The zero-order valence-corrected chi connectivity index (χ0v) is 16.7. The van der Waals surface area contributed by atoms with Crippen molar-refractivity contribution in [2.75, 3.05) is 18.5 Å². The lowest BCUT2D eigenvalue weighted by Crippen LogP contribution is -2.41. The number of nitrogens with one attached hydrogen (secondary N) is 1. The summed E-state index contributed by atoms with van der Waals surface area (Å²) in [7, 11) is -3.33. The molecule has 1 fully saturated rings. The number of hydrogen-bond donors (Lipinski definition) is 2. The summed E-state index contributed by atoms with van der Waals surface area (Å²) in [6.45, 7) is 3.31. The molecule has 0 radical (unpaired) electrons. The molecule has 0 saturated carbocycles. The molecule has 2 heterocycles. The van der Waals surface area contributed by atoms with E-state index in [1.165, 1.54) is 28.5 Å². The van der Waals surface area contributed by atoms with Gasteiger partial charge in [0.1, 0.15) is 15.2 Å². The molecule has 3 N–H and O–H groups in total. The maximum absolute atomic E-state index is 13.0. The fourth-order valence-electron chi connectivity index (χ4n) is 4.92. The first-order chi connectivity index (χ1) is 13.4. The van der Waals surface area contributed by atoms with E-state index in [1.807, 2.05) is 0 Å². The van der Waals surface area contributed by atoms with Crippen molar-refractivity contribution in [2.24, 2.45) is 14.6 Å². The van der Waals surface area contributed by atoms with Crippen molar-refractivity contribution in [1.82, 2.24) is 5.01 Å². The first kappa shape index (κ1) is 18.1. The Morgan fingerprint density at radius 2 is 2.25 bits per heavy atom. The summed E-state index contributed by atoms with van der Waals surface area (Å²) >= 11 is 0. The molecule has 150 valence electrons. The van der Waals surface area contributed by atoms with E-state index in [0.717, 1.165) is 37.8 Å². The van der Waals surface area contributed by atoms with Gasteiger partial charge in [0.15, 0.2) is 6.23 Å². The average Bonchev–Trinajstić information content (AvgIpc) is 3.37. The van der Waals surface area contributed by atoms with E-state index in [9.17, 15) is 9.00 Å². The average molecular weight is 404 g/mol. The number of nitrogens with two attached hydrogens (primary N) is 1. The number of fused-ring (bicyclic) bond motifs is 3. The molecule has 1 saturated heterocycles. The lowest BCUT2D eigenvalue weighted by molar-refractivity contribution is 0.0558. The van der Waals surface area contributed by atoms with Crippen LogP contribution in [0.25, 0.3) is 0 Å². The second-order valence-electron chi connectivity index (χ2n) is 8.04. The molecule has 2 amide bonds. The van der Waals surface area contributed by atoms with Crippen LogP contribution in [0.2, 0.25) is 0 Å². The van der Waals surface area contributed by atoms with Crippen molar-refractivity contribution in [3.05, 3.63) is 28.3 Å². The molecule has 3 unspecified atom stereocenters. The number of carbonyl (C=O) groups excluding carboxylic acids is 1. The highest BCUT2D eigenvalue weighted by Gasteiger charge is 2.41. The normalized spacial score (nSPS) is 29.4. The Kier molecular flexibility index (Phi) is 4.22. The molecule has 4 aliphatic rings. The Hall–Kier alpha value is -1.97. The van der Waals surface area contributed by atoms with Crippen LogP contribution in [0.5, 0.6) is 0 Å². The van der Waals surface area contributed by atoms with Gasteiger partial charge in [-0.1, -0.05) is 13.0 Å². The molecule has 1 aromatic carbocycles. The van der Waals surface area contributed by atoms with Crippen LogP contribution in [0.3, 0.4) is 0 Å². The van der Waals surface area contributed by atoms with Crippen LogP contribution < -0.4 is 10.5 Å². The lowest BCUT2D eigenvalue weighted by atomic mass is 9.95. The summed E-state index contributed by atoms with van der Waals surface area (Å²) in [5, 5.41) is 14.1. The van der Waals surface area contributed by atoms with E-state index >= 15 is 0 Å². The van der Waals surface area contributed by atoms with Crippen LogP contribution in [0.4, 0.5) is 10.5 Å². The zero-order valence-electron chi connectivity index (χ0n) is 15.9. The van der Waals surface area contributed by atoms with Crippen molar-refractivity contribution in [3.63, 3.8) is 0 Å². The van der Waals surface area contributed by atoms with Gasteiger partial charge in [-0.05, 0) is 60.3 Å². The second kappa shape index (κ2) is 6.53. The van der Waals surface area contributed by atoms with Crippen molar-refractivity contribution in [2.45, 2.75) is 56.4 Å². The summed E-state index contributed by atoms with van der Waals surface area (Å²) in [6.07, 6.45) is 6.18. The summed E-state index contributed by atoms with van der Waals surface area (Å²) in [5.41, 5.74) is 5.91. The molecular formula is C19H25N5O3S. The van der Waals surface area contributed by atoms with Crippen molar-refractivity contribution < 1.29 is 13.7 Å². The maximum Gasteiger partial charge on any atom is 0.354 e. The highest BCUT2D eigenvalue weighted by Crippen LogP contribution is 2.43. The summed E-state index contributed by atoms with van der Waals surface area (Å²) in [6, 6.07) is 1.65. The van der Waals surface area contributed by atoms with Gasteiger partial charge in [0.25, 0.3) is 0 Å². The number of ether oxygens (including phenoxy) is 1. The highest BCUT2D eigenvalue weighted by atomic mass is 32.2. The van der Waals surface area contributed by atoms with Crippen LogP contribution in [-0.2, 0) is 33.9 Å². The smallest absolute Gasteiger partial charge is 0.353 e. The Morgan fingerprint density at radius 3 is 3.11 bits per heavy atom. The Labute approximate surface area is 164 Å². The van der Waals surface area contributed by atoms with Crippen LogP contribution in [-0.4, -0.2) is 46.1 Å². The molecule has 2 aliphatic carbocycles. The number of benzene rings is 1. The lowest BCUT2D eigenvalue weighted by Gasteiger charge is -2.20. The number of hydrogen-bond acceptors (Lipinski definition) is 5. The third kappa shape index (κ3) is 2.84. The number of hydrazone groups is 1. The number of rotatable bonds is 2. The molecule has 8 nitrogen and oxygen atoms in total. The first-order valence-corrected chi connectivity index (χ1v) is 11.5. The van der Waals surface area contributed by atoms with Gasteiger partial charge >= 0.3 is 6.03 Å². The molecule has 0 bridgehead atoms. The number of nitrogens with zero attached hydrogens (tertiary/aromatic N) is 3. The van der Waals surface area contributed by atoms with Crippen molar-refractivity contribution >= 4 is 27.8 Å². The minimum atomic E-state index is -3.33. The molecule has 1 aromatic rings. The monoisotopic (exact) mass is 403 g/mol. The van der Waals surface area contributed by atoms with E-state index in [1.54, 1.807) is 5.01 Å². The number of amides is 2. The molecule has 5 rings (SSSR count). The summed E-state index contributed by atoms with van der Waals surface area (Å²) in [4.78, 5) is 12.7. The highest BCUT2D eigenvalue weighted by molar-refractivity contribution is 7.93. The number of carbonyl (C=O) groups is 1. The topological polar surface area (TPSA) is 109 Å². The van der Waals surface area contributed by atoms with Gasteiger partial charge in [-0.25, -0.2) is 14.1 Å². The Balaban J connectivity index is 1.46. The third-order valence-corrected chi connectivity index (χ3v) is 7.84. The first-order valence-electron chi connectivity index (χ1n) is 9.88. The SMILES string of the molecule is C[C@@H]1CCc2cc3c(c(NC(=O)N=S(N)(=O)C4C=NN5CCOC45)c21)CCC3. The quantitative estimate of drug-likeness (QED) is 0.788. The number of urea groups is 1. The van der Waals surface area contributed by atoms with Gasteiger partial charge in [-0.15, -0.1) is 4.36 Å². The third-order valence-electron chi connectivity index (χ3n) is 6.26. The van der Waals surface area contributed by atoms with Gasteiger partial charge < -0.3 is 10.1 Å². The van der Waals surface area contributed by atoms with E-state index in [4.69, 9.17) is 9.88 Å². The van der Waals surface area contributed by atoms with Crippen molar-refractivity contribution in [3.8, 4) is 0 Å². The fraction of sp³-hybridized carbons (Fsp3) is 0.579.